The molecule has 0 aliphatic heterocycles. The minimum atomic E-state index is -0.251. The number of fused-ring (bicyclic) bond motifs is 1. The van der Waals surface area contributed by atoms with Crippen molar-refractivity contribution in [2.75, 3.05) is 5.75 Å². The van der Waals surface area contributed by atoms with Crippen LogP contribution in [0.25, 0.3) is 21.3 Å². The number of nitrogens with two attached hydrogens (primary N) is 1. The van der Waals surface area contributed by atoms with Gasteiger partial charge < -0.3 is 5.73 Å². The number of thiophene rings is 1. The van der Waals surface area contributed by atoms with E-state index >= 15 is 0 Å². The molecule has 0 unspecified atom stereocenters. The lowest BCUT2D eigenvalue weighted by Gasteiger charge is -2.08. The van der Waals surface area contributed by atoms with Crippen molar-refractivity contribution in [3.05, 3.63) is 41.0 Å². The lowest BCUT2D eigenvalue weighted by molar-refractivity contribution is -0.118. The van der Waals surface area contributed by atoms with Gasteiger partial charge in [-0.25, -0.2) is 9.97 Å². The molecule has 0 radical (unpaired) electrons. The van der Waals surface area contributed by atoms with Crippen molar-refractivity contribution in [2.24, 2.45) is 5.73 Å². The molecule has 4 nitrogen and oxygen atoms in total. The second-order valence-electron chi connectivity index (χ2n) is 6.08. The summed E-state index contributed by atoms with van der Waals surface area (Å²) in [5, 5.41) is 2.13. The summed E-state index contributed by atoms with van der Waals surface area (Å²) in [5.41, 5.74) is 9.05. The fourth-order valence-electron chi connectivity index (χ4n) is 2.94. The van der Waals surface area contributed by atoms with E-state index in [0.717, 1.165) is 40.3 Å². The Balaban J connectivity index is 2.01. The molecular weight excluding hydrogens is 362 g/mol. The van der Waals surface area contributed by atoms with Crippen LogP contribution in [0.4, 0.5) is 0 Å². The third kappa shape index (κ3) is 4.07. The molecule has 26 heavy (non-hydrogen) atoms. The van der Waals surface area contributed by atoms with Gasteiger partial charge in [-0.2, -0.15) is 0 Å². The van der Waals surface area contributed by atoms with Gasteiger partial charge in [-0.15, -0.1) is 23.1 Å². The highest BCUT2D eigenvalue weighted by Crippen LogP contribution is 2.42. The molecule has 0 saturated carbocycles. The highest BCUT2D eigenvalue weighted by molar-refractivity contribution is 7.99. The third-order valence-electron chi connectivity index (χ3n) is 4.30. The Morgan fingerprint density at radius 3 is 2.58 bits per heavy atom. The van der Waals surface area contributed by atoms with Gasteiger partial charge in [0.1, 0.15) is 16.2 Å². The SMILES string of the molecule is CCc1ccc(-c2c(CC)sc3ncnc(SCCCC(N)=O)c23)cc1. The van der Waals surface area contributed by atoms with Crippen molar-refractivity contribution in [3.63, 3.8) is 0 Å². The summed E-state index contributed by atoms with van der Waals surface area (Å²) in [7, 11) is 0. The minimum Gasteiger partial charge on any atom is -0.370 e. The summed E-state index contributed by atoms with van der Waals surface area (Å²) in [6.07, 6.45) is 4.82. The van der Waals surface area contributed by atoms with Crippen LogP contribution >= 0.6 is 23.1 Å². The molecule has 0 bridgehead atoms. The lowest BCUT2D eigenvalue weighted by Crippen LogP contribution is -2.10. The standard InChI is InChI=1S/C20H23N3OS2/c1-3-13-7-9-14(10-8-13)17-15(4-2)26-20-18(17)19(22-12-23-20)25-11-5-6-16(21)24/h7-10,12H,3-6,11H2,1-2H3,(H2,21,24). The highest BCUT2D eigenvalue weighted by Gasteiger charge is 2.18. The molecule has 0 atom stereocenters. The summed E-state index contributed by atoms with van der Waals surface area (Å²) in [6, 6.07) is 8.80. The second kappa shape index (κ2) is 8.64. The molecule has 0 aliphatic carbocycles. The number of carbonyl (C=O) groups excluding carboxylic acids is 1. The average Bonchev–Trinajstić information content (AvgIpc) is 3.04. The largest absolute Gasteiger partial charge is 0.370 e. The molecule has 3 aromatic rings. The van der Waals surface area contributed by atoms with Gasteiger partial charge in [0, 0.05) is 22.6 Å². The van der Waals surface area contributed by atoms with Crippen molar-refractivity contribution in [2.45, 2.75) is 44.6 Å². The zero-order valence-corrected chi connectivity index (χ0v) is 16.8. The summed E-state index contributed by atoms with van der Waals surface area (Å²) in [6.45, 7) is 4.35. The smallest absolute Gasteiger partial charge is 0.217 e. The molecule has 2 heterocycles. The van der Waals surface area contributed by atoms with Crippen LogP contribution < -0.4 is 5.73 Å². The van der Waals surface area contributed by atoms with Gasteiger partial charge in [0.15, 0.2) is 0 Å². The Morgan fingerprint density at radius 2 is 1.92 bits per heavy atom. The number of benzene rings is 1. The van der Waals surface area contributed by atoms with Crippen molar-refractivity contribution in [3.8, 4) is 11.1 Å². The van der Waals surface area contributed by atoms with E-state index in [2.05, 4.69) is 48.1 Å². The second-order valence-corrected chi connectivity index (χ2v) is 8.25. The van der Waals surface area contributed by atoms with E-state index in [1.165, 1.54) is 21.6 Å². The number of hydrogen-bond donors (Lipinski definition) is 1. The van der Waals surface area contributed by atoms with Crippen LogP contribution in [0.2, 0.25) is 0 Å². The van der Waals surface area contributed by atoms with Crippen LogP contribution in [0.3, 0.4) is 0 Å². The van der Waals surface area contributed by atoms with Crippen LogP contribution in [0.5, 0.6) is 0 Å². The van der Waals surface area contributed by atoms with E-state index in [1.54, 1.807) is 29.4 Å². The molecule has 136 valence electrons. The van der Waals surface area contributed by atoms with Gasteiger partial charge in [0.05, 0.1) is 5.39 Å². The van der Waals surface area contributed by atoms with Crippen LogP contribution in [-0.2, 0) is 17.6 Å². The molecule has 0 saturated heterocycles. The fourth-order valence-corrected chi connectivity index (χ4v) is 5.05. The molecule has 6 heteroatoms. The fraction of sp³-hybridized carbons (Fsp3) is 0.350. The number of aryl methyl sites for hydroxylation is 2. The summed E-state index contributed by atoms with van der Waals surface area (Å²) in [5.74, 6) is 0.569. The first-order valence-corrected chi connectivity index (χ1v) is 10.7. The first-order valence-electron chi connectivity index (χ1n) is 8.90. The molecule has 0 aliphatic rings. The van der Waals surface area contributed by atoms with E-state index in [-0.39, 0.29) is 5.91 Å². The van der Waals surface area contributed by atoms with Crippen molar-refractivity contribution >= 4 is 39.2 Å². The molecule has 0 spiro atoms. The number of rotatable bonds is 8. The number of carbonyl (C=O) groups is 1. The van der Waals surface area contributed by atoms with Crippen LogP contribution in [-0.4, -0.2) is 21.6 Å². The summed E-state index contributed by atoms with van der Waals surface area (Å²) < 4.78 is 0. The van der Waals surface area contributed by atoms with Crippen LogP contribution in [0.15, 0.2) is 35.6 Å². The van der Waals surface area contributed by atoms with Gasteiger partial charge in [0.2, 0.25) is 5.91 Å². The predicted molar refractivity (Wildman–Crippen MR) is 111 cm³/mol. The van der Waals surface area contributed by atoms with Crippen molar-refractivity contribution in [1.29, 1.82) is 0 Å². The van der Waals surface area contributed by atoms with E-state index in [9.17, 15) is 4.79 Å². The molecule has 2 N–H and O–H groups in total. The number of nitrogens with zero attached hydrogens (tertiary/aromatic N) is 2. The predicted octanol–water partition coefficient (Wildman–Crippen LogP) is 4.84. The molecule has 1 aromatic carbocycles. The maximum Gasteiger partial charge on any atom is 0.217 e. The van der Waals surface area contributed by atoms with E-state index in [4.69, 9.17) is 5.73 Å². The van der Waals surface area contributed by atoms with Gasteiger partial charge in [-0.3, -0.25) is 4.79 Å². The Bertz CT molecular complexity index is 903. The van der Waals surface area contributed by atoms with Crippen molar-refractivity contribution in [1.82, 2.24) is 9.97 Å². The number of thioether (sulfide) groups is 1. The Labute approximate surface area is 162 Å². The van der Waals surface area contributed by atoms with Crippen molar-refractivity contribution < 1.29 is 4.79 Å². The first-order chi connectivity index (χ1) is 12.6. The normalized spacial score (nSPS) is 11.2. The van der Waals surface area contributed by atoms with E-state index in [0.29, 0.717) is 6.42 Å². The lowest BCUT2D eigenvalue weighted by atomic mass is 10.0. The maximum atomic E-state index is 10.9. The molecule has 2 aromatic heterocycles. The number of aromatic nitrogens is 2. The van der Waals surface area contributed by atoms with Gasteiger partial charge in [-0.05, 0) is 30.4 Å². The number of hydrogen-bond acceptors (Lipinski definition) is 5. The van der Waals surface area contributed by atoms with Gasteiger partial charge in [0.25, 0.3) is 0 Å². The zero-order valence-electron chi connectivity index (χ0n) is 15.1. The molecular formula is C20H23N3OS2. The number of amides is 1. The summed E-state index contributed by atoms with van der Waals surface area (Å²) >= 11 is 3.43. The van der Waals surface area contributed by atoms with Gasteiger partial charge >= 0.3 is 0 Å². The van der Waals surface area contributed by atoms with Gasteiger partial charge in [-0.1, -0.05) is 38.1 Å². The molecule has 3 rings (SSSR count). The van der Waals surface area contributed by atoms with E-state index < -0.39 is 0 Å². The summed E-state index contributed by atoms with van der Waals surface area (Å²) in [4.78, 5) is 22.4. The first kappa shape index (κ1) is 18.9. The van der Waals surface area contributed by atoms with Crippen LogP contribution in [0.1, 0.15) is 37.1 Å². The number of primary amides is 1. The third-order valence-corrected chi connectivity index (χ3v) is 6.62. The van der Waals surface area contributed by atoms with E-state index in [1.807, 2.05) is 0 Å². The Hall–Kier alpha value is -1.92. The Morgan fingerprint density at radius 1 is 1.15 bits per heavy atom. The molecule has 1 amide bonds. The highest BCUT2D eigenvalue weighted by atomic mass is 32.2. The monoisotopic (exact) mass is 385 g/mol. The molecule has 0 fully saturated rings. The average molecular weight is 386 g/mol. The zero-order chi connectivity index (χ0) is 18.5. The van der Waals surface area contributed by atoms with Crippen LogP contribution in [0, 0.1) is 0 Å². The topological polar surface area (TPSA) is 68.9 Å². The quantitative estimate of drug-likeness (QED) is 0.342. The maximum absolute atomic E-state index is 10.9. The minimum absolute atomic E-state index is 0.251. The Kier molecular flexibility index (Phi) is 6.27.